The molecule has 1 aliphatic heterocycles. The Balaban J connectivity index is 1.44. The van der Waals surface area contributed by atoms with Crippen molar-refractivity contribution in [3.8, 4) is 0 Å². The number of hydrogen-bond acceptors (Lipinski definition) is 3. The van der Waals surface area contributed by atoms with Crippen molar-refractivity contribution in [2.45, 2.75) is 38.6 Å². The van der Waals surface area contributed by atoms with E-state index >= 15 is 0 Å². The highest BCUT2D eigenvalue weighted by Crippen LogP contribution is 2.48. The van der Waals surface area contributed by atoms with Crippen molar-refractivity contribution in [1.82, 2.24) is 10.2 Å². The van der Waals surface area contributed by atoms with E-state index in [2.05, 4.69) is 5.32 Å². The summed E-state index contributed by atoms with van der Waals surface area (Å²) in [4.78, 5) is 14.2. The molecule has 0 spiro atoms. The van der Waals surface area contributed by atoms with Crippen molar-refractivity contribution in [2.75, 3.05) is 32.8 Å². The van der Waals surface area contributed by atoms with Crippen molar-refractivity contribution < 1.29 is 9.53 Å². The number of carbonyl (C=O) groups excluding carboxylic acids is 1. The van der Waals surface area contributed by atoms with E-state index in [0.29, 0.717) is 13.2 Å². The zero-order chi connectivity index (χ0) is 13.2. The second kappa shape index (κ2) is 5.80. The summed E-state index contributed by atoms with van der Waals surface area (Å²) < 4.78 is 5.29. The smallest absolute Gasteiger partial charge is 0.239 e. The molecule has 1 unspecified atom stereocenters. The SMILES string of the molecule is CC(NCC(C1CC1)C1CC1)C(=O)N1CCOCC1. The molecule has 0 bridgehead atoms. The number of morpholine rings is 1. The summed E-state index contributed by atoms with van der Waals surface area (Å²) in [5.41, 5.74) is 0. The Labute approximate surface area is 115 Å². The number of rotatable bonds is 6. The van der Waals surface area contributed by atoms with E-state index in [1.54, 1.807) is 0 Å². The summed E-state index contributed by atoms with van der Waals surface area (Å²) in [5, 5.41) is 3.49. The number of nitrogens with zero attached hydrogens (tertiary/aromatic N) is 1. The molecule has 4 heteroatoms. The second-order valence-electron chi connectivity index (χ2n) is 6.41. The predicted molar refractivity (Wildman–Crippen MR) is 73.8 cm³/mol. The average molecular weight is 266 g/mol. The molecule has 4 nitrogen and oxygen atoms in total. The van der Waals surface area contributed by atoms with Crippen LogP contribution in [0.25, 0.3) is 0 Å². The van der Waals surface area contributed by atoms with E-state index in [4.69, 9.17) is 4.74 Å². The van der Waals surface area contributed by atoms with E-state index in [9.17, 15) is 4.79 Å². The Morgan fingerprint density at radius 1 is 1.21 bits per heavy atom. The standard InChI is InChI=1S/C15H26N2O2/c1-11(15(18)17-6-8-19-9-7-17)16-10-14(12-2-3-12)13-4-5-13/h11-14,16H,2-10H2,1H3. The molecule has 2 saturated carbocycles. The molecular formula is C15H26N2O2. The molecule has 3 fully saturated rings. The maximum Gasteiger partial charge on any atom is 0.239 e. The molecule has 0 radical (unpaired) electrons. The van der Waals surface area contributed by atoms with Crippen LogP contribution in [0, 0.1) is 17.8 Å². The minimum Gasteiger partial charge on any atom is -0.378 e. The first-order valence-corrected chi connectivity index (χ1v) is 7.85. The third-order valence-corrected chi connectivity index (χ3v) is 4.81. The minimum atomic E-state index is -0.0434. The quantitative estimate of drug-likeness (QED) is 0.787. The van der Waals surface area contributed by atoms with Gasteiger partial charge >= 0.3 is 0 Å². The molecule has 0 aromatic carbocycles. The Morgan fingerprint density at radius 3 is 2.32 bits per heavy atom. The number of hydrogen-bond donors (Lipinski definition) is 1. The third-order valence-electron chi connectivity index (χ3n) is 4.81. The summed E-state index contributed by atoms with van der Waals surface area (Å²) >= 11 is 0. The number of carbonyl (C=O) groups is 1. The highest BCUT2D eigenvalue weighted by atomic mass is 16.5. The van der Waals surface area contributed by atoms with Gasteiger partial charge in [-0.1, -0.05) is 0 Å². The van der Waals surface area contributed by atoms with Crippen molar-refractivity contribution in [3.63, 3.8) is 0 Å². The number of nitrogens with one attached hydrogen (secondary N) is 1. The van der Waals surface area contributed by atoms with Gasteiger partial charge in [0.2, 0.25) is 5.91 Å². The fourth-order valence-corrected chi connectivity index (χ4v) is 3.22. The average Bonchev–Trinajstić information content (AvgIpc) is 3.31. The van der Waals surface area contributed by atoms with Crippen LogP contribution < -0.4 is 5.32 Å². The molecule has 1 saturated heterocycles. The van der Waals surface area contributed by atoms with Gasteiger partial charge in [0.05, 0.1) is 19.3 Å². The maximum absolute atomic E-state index is 12.3. The van der Waals surface area contributed by atoms with E-state index in [-0.39, 0.29) is 11.9 Å². The van der Waals surface area contributed by atoms with Crippen LogP contribution in [0.15, 0.2) is 0 Å². The van der Waals surface area contributed by atoms with E-state index in [1.165, 1.54) is 25.7 Å². The van der Waals surface area contributed by atoms with Crippen LogP contribution in [0.4, 0.5) is 0 Å². The lowest BCUT2D eigenvalue weighted by atomic mass is 9.97. The van der Waals surface area contributed by atoms with Gasteiger partial charge in [-0.05, 0) is 56.9 Å². The fourth-order valence-electron chi connectivity index (χ4n) is 3.22. The summed E-state index contributed by atoms with van der Waals surface area (Å²) in [6.07, 6.45) is 5.65. The maximum atomic E-state index is 12.3. The second-order valence-corrected chi connectivity index (χ2v) is 6.41. The molecule has 1 N–H and O–H groups in total. The molecule has 0 aromatic heterocycles. The minimum absolute atomic E-state index is 0.0434. The third kappa shape index (κ3) is 3.48. The largest absolute Gasteiger partial charge is 0.378 e. The molecule has 19 heavy (non-hydrogen) atoms. The molecule has 1 atom stereocenters. The van der Waals surface area contributed by atoms with E-state index in [0.717, 1.165) is 37.4 Å². The van der Waals surface area contributed by atoms with Crippen LogP contribution in [0.1, 0.15) is 32.6 Å². The molecular weight excluding hydrogens is 240 g/mol. The highest BCUT2D eigenvalue weighted by molar-refractivity contribution is 5.81. The van der Waals surface area contributed by atoms with Gasteiger partial charge < -0.3 is 15.0 Å². The summed E-state index contributed by atoms with van der Waals surface area (Å²) in [6, 6.07) is -0.0434. The molecule has 2 aliphatic carbocycles. The normalized spacial score (nSPS) is 25.7. The van der Waals surface area contributed by atoms with Crippen molar-refractivity contribution in [1.29, 1.82) is 0 Å². The Hall–Kier alpha value is -0.610. The Bertz CT molecular complexity index is 308. The lowest BCUT2D eigenvalue weighted by Crippen LogP contribution is -2.50. The van der Waals surface area contributed by atoms with Crippen molar-refractivity contribution in [3.05, 3.63) is 0 Å². The van der Waals surface area contributed by atoms with Crippen molar-refractivity contribution in [2.24, 2.45) is 17.8 Å². The van der Waals surface area contributed by atoms with Gasteiger partial charge in [0, 0.05) is 13.1 Å². The molecule has 3 aliphatic rings. The van der Waals surface area contributed by atoms with E-state index < -0.39 is 0 Å². The van der Waals surface area contributed by atoms with Gasteiger partial charge in [-0.15, -0.1) is 0 Å². The van der Waals surface area contributed by atoms with Gasteiger partial charge in [-0.3, -0.25) is 4.79 Å². The van der Waals surface area contributed by atoms with Crippen LogP contribution in [-0.4, -0.2) is 49.7 Å². The van der Waals surface area contributed by atoms with Crippen LogP contribution in [0.3, 0.4) is 0 Å². The van der Waals surface area contributed by atoms with Crippen molar-refractivity contribution >= 4 is 5.91 Å². The van der Waals surface area contributed by atoms with E-state index in [1.807, 2.05) is 11.8 Å². The summed E-state index contributed by atoms with van der Waals surface area (Å²) in [6.45, 7) is 5.91. The van der Waals surface area contributed by atoms with Crippen LogP contribution in [0.5, 0.6) is 0 Å². The van der Waals surface area contributed by atoms with Gasteiger partial charge in [-0.2, -0.15) is 0 Å². The van der Waals surface area contributed by atoms with Crippen LogP contribution in [-0.2, 0) is 9.53 Å². The van der Waals surface area contributed by atoms with Gasteiger partial charge in [0.1, 0.15) is 0 Å². The van der Waals surface area contributed by atoms with Gasteiger partial charge in [0.25, 0.3) is 0 Å². The first-order valence-electron chi connectivity index (χ1n) is 7.85. The highest BCUT2D eigenvalue weighted by Gasteiger charge is 2.41. The lowest BCUT2D eigenvalue weighted by Gasteiger charge is -2.30. The lowest BCUT2D eigenvalue weighted by molar-refractivity contribution is -0.137. The Morgan fingerprint density at radius 2 is 1.79 bits per heavy atom. The number of ether oxygens (including phenoxy) is 1. The van der Waals surface area contributed by atoms with Gasteiger partial charge in [-0.25, -0.2) is 0 Å². The topological polar surface area (TPSA) is 41.6 Å². The predicted octanol–water partition coefficient (Wildman–Crippen LogP) is 1.26. The Kier molecular flexibility index (Phi) is 4.08. The fraction of sp³-hybridized carbons (Fsp3) is 0.933. The van der Waals surface area contributed by atoms with Crippen LogP contribution >= 0.6 is 0 Å². The summed E-state index contributed by atoms with van der Waals surface area (Å²) in [7, 11) is 0. The van der Waals surface area contributed by atoms with Crippen LogP contribution in [0.2, 0.25) is 0 Å². The first-order chi connectivity index (χ1) is 9.25. The number of amides is 1. The first kappa shape index (κ1) is 13.4. The molecule has 108 valence electrons. The summed E-state index contributed by atoms with van der Waals surface area (Å²) in [5.74, 6) is 2.98. The monoisotopic (exact) mass is 266 g/mol. The zero-order valence-corrected chi connectivity index (χ0v) is 11.9. The molecule has 1 heterocycles. The van der Waals surface area contributed by atoms with Gasteiger partial charge in [0.15, 0.2) is 0 Å². The molecule has 3 rings (SSSR count). The molecule has 1 amide bonds. The molecule has 0 aromatic rings. The zero-order valence-electron chi connectivity index (χ0n) is 11.9.